The lowest BCUT2D eigenvalue weighted by atomic mass is 10.2. The second kappa shape index (κ2) is 5.76. The molecule has 1 aromatic heterocycles. The van der Waals surface area contributed by atoms with Gasteiger partial charge in [-0.3, -0.25) is 0 Å². The molecular weight excluding hydrogens is 214 g/mol. The number of methoxy groups -OCH3 is 1. The van der Waals surface area contributed by atoms with Crippen LogP contribution in [0.15, 0.2) is 18.3 Å². The Morgan fingerprint density at radius 1 is 1.59 bits per heavy atom. The highest BCUT2D eigenvalue weighted by Gasteiger charge is 2.26. The lowest BCUT2D eigenvalue weighted by Crippen LogP contribution is -2.36. The van der Waals surface area contributed by atoms with Crippen LogP contribution in [0.3, 0.4) is 0 Å². The second-order valence-electron chi connectivity index (χ2n) is 4.35. The predicted octanol–water partition coefficient (Wildman–Crippen LogP) is 1.61. The van der Waals surface area contributed by atoms with Crippen LogP contribution < -0.4 is 5.32 Å². The van der Waals surface area contributed by atoms with E-state index in [0.717, 1.165) is 24.9 Å². The first kappa shape index (κ1) is 12.0. The number of nitriles is 1. The molecule has 1 aromatic rings. The van der Waals surface area contributed by atoms with Gasteiger partial charge in [0.25, 0.3) is 0 Å². The molecule has 1 heterocycles. The molecule has 4 nitrogen and oxygen atoms in total. The molecule has 4 heteroatoms. The molecule has 0 spiro atoms. The van der Waals surface area contributed by atoms with E-state index in [-0.39, 0.29) is 0 Å². The van der Waals surface area contributed by atoms with Gasteiger partial charge < -0.3 is 10.1 Å². The van der Waals surface area contributed by atoms with Crippen LogP contribution >= 0.6 is 0 Å². The van der Waals surface area contributed by atoms with Crippen LogP contribution in [0.1, 0.15) is 30.5 Å². The van der Waals surface area contributed by atoms with Gasteiger partial charge in [0.05, 0.1) is 6.10 Å². The molecule has 0 bridgehead atoms. The molecule has 2 unspecified atom stereocenters. The van der Waals surface area contributed by atoms with Crippen molar-refractivity contribution in [3.8, 4) is 6.07 Å². The summed E-state index contributed by atoms with van der Waals surface area (Å²) in [7, 11) is 1.77. The van der Waals surface area contributed by atoms with Gasteiger partial charge in [-0.25, -0.2) is 4.98 Å². The maximum absolute atomic E-state index is 8.77. The van der Waals surface area contributed by atoms with E-state index in [1.807, 2.05) is 12.1 Å². The number of aromatic nitrogens is 1. The SMILES string of the molecule is COC1CCCC1NCc1ccnc(C#N)c1. The quantitative estimate of drug-likeness (QED) is 0.855. The number of rotatable bonds is 4. The summed E-state index contributed by atoms with van der Waals surface area (Å²) in [5.41, 5.74) is 1.57. The molecular formula is C13H17N3O. The highest BCUT2D eigenvalue weighted by molar-refractivity contribution is 5.25. The van der Waals surface area contributed by atoms with E-state index in [2.05, 4.69) is 16.4 Å². The molecule has 1 fully saturated rings. The molecule has 1 aliphatic carbocycles. The molecule has 0 amide bonds. The standard InChI is InChI=1S/C13H17N3O/c1-17-13-4-2-3-12(13)16-9-10-5-6-15-11(7-10)8-14/h5-7,12-13,16H,2-4,9H2,1H3. The molecule has 0 aliphatic heterocycles. The summed E-state index contributed by atoms with van der Waals surface area (Å²) in [4.78, 5) is 3.96. The molecule has 1 saturated carbocycles. The van der Waals surface area contributed by atoms with Gasteiger partial charge in [-0.2, -0.15) is 5.26 Å². The maximum Gasteiger partial charge on any atom is 0.140 e. The number of nitrogens with zero attached hydrogens (tertiary/aromatic N) is 2. The first-order valence-corrected chi connectivity index (χ1v) is 5.94. The molecule has 0 aromatic carbocycles. The Morgan fingerprint density at radius 2 is 2.47 bits per heavy atom. The van der Waals surface area contributed by atoms with Crippen molar-refractivity contribution in [3.63, 3.8) is 0 Å². The number of hydrogen-bond donors (Lipinski definition) is 1. The van der Waals surface area contributed by atoms with Crippen molar-refractivity contribution in [2.24, 2.45) is 0 Å². The van der Waals surface area contributed by atoms with Crippen molar-refractivity contribution >= 4 is 0 Å². The zero-order chi connectivity index (χ0) is 12.1. The molecule has 17 heavy (non-hydrogen) atoms. The summed E-state index contributed by atoms with van der Waals surface area (Å²) >= 11 is 0. The van der Waals surface area contributed by atoms with Gasteiger partial charge in [0.2, 0.25) is 0 Å². The maximum atomic E-state index is 8.77. The van der Waals surface area contributed by atoms with E-state index in [1.54, 1.807) is 13.3 Å². The van der Waals surface area contributed by atoms with Crippen LogP contribution in [-0.2, 0) is 11.3 Å². The zero-order valence-corrected chi connectivity index (χ0v) is 10.0. The molecule has 90 valence electrons. The highest BCUT2D eigenvalue weighted by atomic mass is 16.5. The lowest BCUT2D eigenvalue weighted by molar-refractivity contribution is 0.0847. The van der Waals surface area contributed by atoms with E-state index >= 15 is 0 Å². The minimum Gasteiger partial charge on any atom is -0.380 e. The van der Waals surface area contributed by atoms with E-state index in [0.29, 0.717) is 17.8 Å². The third-order valence-electron chi connectivity index (χ3n) is 3.26. The topological polar surface area (TPSA) is 57.9 Å². The van der Waals surface area contributed by atoms with Crippen molar-refractivity contribution < 1.29 is 4.74 Å². The Labute approximate surface area is 102 Å². The fourth-order valence-corrected chi connectivity index (χ4v) is 2.34. The van der Waals surface area contributed by atoms with Crippen molar-refractivity contribution in [2.75, 3.05) is 7.11 Å². The number of ether oxygens (including phenoxy) is 1. The van der Waals surface area contributed by atoms with Crippen LogP contribution in [0, 0.1) is 11.3 Å². The van der Waals surface area contributed by atoms with Gasteiger partial charge in [-0.05, 0) is 37.0 Å². The summed E-state index contributed by atoms with van der Waals surface area (Å²) in [5.74, 6) is 0. The average Bonchev–Trinajstić information content (AvgIpc) is 2.84. The summed E-state index contributed by atoms with van der Waals surface area (Å²) in [6, 6.07) is 6.24. The summed E-state index contributed by atoms with van der Waals surface area (Å²) in [6.07, 6.45) is 5.52. The summed E-state index contributed by atoms with van der Waals surface area (Å²) in [5, 5.41) is 12.3. The number of hydrogen-bond acceptors (Lipinski definition) is 4. The van der Waals surface area contributed by atoms with Crippen molar-refractivity contribution in [1.29, 1.82) is 5.26 Å². The van der Waals surface area contributed by atoms with Gasteiger partial charge >= 0.3 is 0 Å². The van der Waals surface area contributed by atoms with Gasteiger partial charge in [-0.1, -0.05) is 0 Å². The van der Waals surface area contributed by atoms with Crippen LogP contribution in [0.25, 0.3) is 0 Å². The Kier molecular flexibility index (Phi) is 4.08. The third-order valence-corrected chi connectivity index (χ3v) is 3.26. The van der Waals surface area contributed by atoms with Crippen LogP contribution in [-0.4, -0.2) is 24.2 Å². The minimum absolute atomic E-state index is 0.326. The van der Waals surface area contributed by atoms with Gasteiger partial charge in [-0.15, -0.1) is 0 Å². The highest BCUT2D eigenvalue weighted by Crippen LogP contribution is 2.21. The van der Waals surface area contributed by atoms with E-state index in [9.17, 15) is 0 Å². The largest absolute Gasteiger partial charge is 0.380 e. The molecule has 2 rings (SSSR count). The number of pyridine rings is 1. The van der Waals surface area contributed by atoms with Crippen LogP contribution in [0.5, 0.6) is 0 Å². The molecule has 0 saturated heterocycles. The fourth-order valence-electron chi connectivity index (χ4n) is 2.34. The molecule has 2 atom stereocenters. The molecule has 0 radical (unpaired) electrons. The zero-order valence-electron chi connectivity index (χ0n) is 10.0. The first-order chi connectivity index (χ1) is 8.33. The Balaban J connectivity index is 1.91. The van der Waals surface area contributed by atoms with Crippen LogP contribution in [0.2, 0.25) is 0 Å². The van der Waals surface area contributed by atoms with Crippen molar-refractivity contribution in [3.05, 3.63) is 29.6 Å². The van der Waals surface area contributed by atoms with Crippen molar-refractivity contribution in [2.45, 2.75) is 38.0 Å². The minimum atomic E-state index is 0.326. The van der Waals surface area contributed by atoms with Gasteiger partial charge in [0, 0.05) is 25.9 Å². The monoisotopic (exact) mass is 231 g/mol. The molecule has 1 N–H and O–H groups in total. The second-order valence-corrected chi connectivity index (χ2v) is 4.35. The van der Waals surface area contributed by atoms with E-state index < -0.39 is 0 Å². The Morgan fingerprint density at radius 3 is 3.24 bits per heavy atom. The Hall–Kier alpha value is -1.44. The average molecular weight is 231 g/mol. The van der Waals surface area contributed by atoms with Crippen LogP contribution in [0.4, 0.5) is 0 Å². The summed E-state index contributed by atoms with van der Waals surface area (Å²) in [6.45, 7) is 0.766. The van der Waals surface area contributed by atoms with Crippen molar-refractivity contribution in [1.82, 2.24) is 10.3 Å². The third kappa shape index (κ3) is 3.02. The van der Waals surface area contributed by atoms with Gasteiger partial charge in [0.1, 0.15) is 11.8 Å². The van der Waals surface area contributed by atoms with E-state index in [4.69, 9.17) is 10.00 Å². The smallest absolute Gasteiger partial charge is 0.140 e. The normalized spacial score (nSPS) is 23.5. The first-order valence-electron chi connectivity index (χ1n) is 5.94. The van der Waals surface area contributed by atoms with Gasteiger partial charge in [0.15, 0.2) is 0 Å². The predicted molar refractivity (Wildman–Crippen MR) is 64.2 cm³/mol. The number of nitrogens with one attached hydrogen (secondary N) is 1. The van der Waals surface area contributed by atoms with E-state index in [1.165, 1.54) is 6.42 Å². The fraction of sp³-hybridized carbons (Fsp3) is 0.538. The lowest BCUT2D eigenvalue weighted by Gasteiger charge is -2.19. The Bertz CT molecular complexity index is 413. The summed E-state index contributed by atoms with van der Waals surface area (Å²) < 4.78 is 5.43. The molecule has 1 aliphatic rings.